The second-order valence-electron chi connectivity index (χ2n) is 18.5. The van der Waals surface area contributed by atoms with Crippen molar-refractivity contribution in [1.29, 1.82) is 0 Å². The summed E-state index contributed by atoms with van der Waals surface area (Å²) in [5.41, 5.74) is 1.53. The third-order valence-corrected chi connectivity index (χ3v) is 11.1. The molecule has 0 radical (unpaired) electrons. The molecule has 70 heavy (non-hydrogen) atoms. The molecule has 5 amide bonds. The average Bonchev–Trinajstić information content (AvgIpc) is 3.75. The van der Waals surface area contributed by atoms with Gasteiger partial charge >= 0.3 is 6.09 Å². The lowest BCUT2D eigenvalue weighted by atomic mass is 9.93. The Morgan fingerprint density at radius 3 is 1.43 bits per heavy atom. The summed E-state index contributed by atoms with van der Waals surface area (Å²) >= 11 is 3.45. The maximum Gasteiger partial charge on any atom is 0.407 e. The molecule has 0 saturated heterocycles. The van der Waals surface area contributed by atoms with Crippen LogP contribution in [0.25, 0.3) is 0 Å². The van der Waals surface area contributed by atoms with Gasteiger partial charge in [0.05, 0.1) is 124 Å². The highest BCUT2D eigenvalue weighted by Crippen LogP contribution is 2.27. The molecular weight excluding hydrogens is 955 g/mol. The molecule has 0 unspecified atom stereocenters. The van der Waals surface area contributed by atoms with Gasteiger partial charge in [-0.05, 0) is 11.8 Å². The fourth-order valence-electron chi connectivity index (χ4n) is 4.68. The van der Waals surface area contributed by atoms with E-state index in [1.54, 1.807) is 34.4 Å². The zero-order valence-corrected chi connectivity index (χ0v) is 44.7. The maximum atomic E-state index is 12.2. The van der Waals surface area contributed by atoms with Gasteiger partial charge in [-0.25, -0.2) is 9.48 Å². The summed E-state index contributed by atoms with van der Waals surface area (Å²) in [5.74, 6) is -0.976. The first-order chi connectivity index (χ1) is 33.2. The minimum absolute atomic E-state index is 0.0394. The predicted octanol–water partition coefficient (Wildman–Crippen LogP) is 1.96. The Bertz CT molecular complexity index is 1600. The lowest BCUT2D eigenvalue weighted by molar-refractivity contribution is -0.130. The third-order valence-electron chi connectivity index (χ3n) is 8.42. The van der Waals surface area contributed by atoms with Crippen molar-refractivity contribution in [2.45, 2.75) is 91.4 Å². The summed E-state index contributed by atoms with van der Waals surface area (Å²) in [6, 6.07) is 0. The normalized spacial score (nSPS) is 11.7. The van der Waals surface area contributed by atoms with E-state index < -0.39 is 36.3 Å². The van der Waals surface area contributed by atoms with E-state index in [1.807, 2.05) is 0 Å². The van der Waals surface area contributed by atoms with Crippen LogP contribution in [-0.2, 0) is 75.1 Å². The molecule has 23 nitrogen and oxygen atoms in total. The SMILES string of the molecule is CC(C)(C)CCOCCOCCOCCOCCOCCOCCOCCn1cc(COC(=O)NCCNC(=O)CNC(=O)CNC(=O)CNC(=O)CON=C(CSC(C)(C)C)CSC(C)(C)C)nn1. The van der Waals surface area contributed by atoms with Crippen LogP contribution in [0.1, 0.15) is 74.4 Å². The molecule has 0 bridgehead atoms. The van der Waals surface area contributed by atoms with E-state index in [4.69, 9.17) is 42.7 Å². The Kier molecular flexibility index (Phi) is 35.6. The number of amides is 5. The van der Waals surface area contributed by atoms with E-state index in [0.717, 1.165) is 18.7 Å². The molecule has 0 fully saturated rings. The fourth-order valence-corrected chi connectivity index (χ4v) is 6.32. The molecule has 0 spiro atoms. The second-order valence-corrected chi connectivity index (χ2v) is 22.1. The molecule has 404 valence electrons. The first-order valence-corrected chi connectivity index (χ1v) is 25.5. The van der Waals surface area contributed by atoms with Crippen LogP contribution in [-0.4, -0.2) is 203 Å². The summed E-state index contributed by atoms with van der Waals surface area (Å²) in [4.78, 5) is 65.8. The van der Waals surface area contributed by atoms with Gasteiger partial charge in [0, 0.05) is 40.7 Å². The molecule has 25 heteroatoms. The van der Waals surface area contributed by atoms with Crippen molar-refractivity contribution in [3.63, 3.8) is 0 Å². The number of carbonyl (C=O) groups is 5. The van der Waals surface area contributed by atoms with Crippen molar-refractivity contribution >= 4 is 59.0 Å². The Balaban J connectivity index is 1.99. The van der Waals surface area contributed by atoms with Crippen molar-refractivity contribution < 1.29 is 66.7 Å². The van der Waals surface area contributed by atoms with Gasteiger partial charge in [0.2, 0.25) is 17.7 Å². The van der Waals surface area contributed by atoms with Gasteiger partial charge in [0.25, 0.3) is 5.91 Å². The summed E-state index contributed by atoms with van der Waals surface area (Å²) < 4.78 is 45.4. The Morgan fingerprint density at radius 2 is 0.971 bits per heavy atom. The van der Waals surface area contributed by atoms with Crippen LogP contribution in [0.4, 0.5) is 4.79 Å². The number of alkyl carbamates (subject to hydrolysis) is 1. The molecular formula is C45H83N9O14S2. The molecule has 0 aromatic carbocycles. The second kappa shape index (κ2) is 38.8. The van der Waals surface area contributed by atoms with Crippen LogP contribution >= 0.6 is 23.5 Å². The van der Waals surface area contributed by atoms with E-state index in [-0.39, 0.29) is 54.3 Å². The third kappa shape index (κ3) is 43.0. The first kappa shape index (κ1) is 64.2. The minimum atomic E-state index is -0.722. The Hall–Kier alpha value is -3.82. The van der Waals surface area contributed by atoms with E-state index in [9.17, 15) is 24.0 Å². The number of ether oxygens (including phenoxy) is 8. The van der Waals surface area contributed by atoms with Crippen molar-refractivity contribution in [3.05, 3.63) is 11.9 Å². The number of hydrogen-bond donors (Lipinski definition) is 5. The van der Waals surface area contributed by atoms with Crippen LogP contribution < -0.4 is 26.6 Å². The summed E-state index contributed by atoms with van der Waals surface area (Å²) in [6.07, 6.45) is 1.93. The molecule has 0 aliphatic carbocycles. The lowest BCUT2D eigenvalue weighted by Gasteiger charge is -2.20. The molecule has 0 aliphatic rings. The standard InChI is InChI=1S/C45H83N9O14S2/c1-43(2,3)10-14-60-16-18-62-20-22-64-24-26-66-27-25-65-23-21-63-19-17-61-15-13-54-31-36(51-53-54)32-67-42(59)47-12-11-46-38(55)28-48-39(56)29-49-40(57)30-50-41(58)33-68-52-37(34-69-44(4,5)6)35-70-45(7,8)9/h31H,10-30,32-35H2,1-9H3,(H,46,55)(H,47,59)(H,48,56)(H,49,57)(H,50,58). The molecule has 1 aromatic heterocycles. The van der Waals surface area contributed by atoms with Crippen molar-refractivity contribution in [3.8, 4) is 0 Å². The smallest absolute Gasteiger partial charge is 0.407 e. The van der Waals surface area contributed by atoms with Crippen LogP contribution in [0.15, 0.2) is 11.4 Å². The number of nitrogens with zero attached hydrogens (tertiary/aromatic N) is 4. The van der Waals surface area contributed by atoms with Crippen molar-refractivity contribution in [2.75, 3.05) is 143 Å². The Labute approximate surface area is 423 Å². The van der Waals surface area contributed by atoms with Gasteiger partial charge in [0.1, 0.15) is 12.3 Å². The topological polar surface area (TPSA) is 272 Å². The van der Waals surface area contributed by atoms with E-state index >= 15 is 0 Å². The van der Waals surface area contributed by atoms with Gasteiger partial charge in [-0.1, -0.05) is 72.7 Å². The highest BCUT2D eigenvalue weighted by atomic mass is 32.2. The summed E-state index contributed by atoms with van der Waals surface area (Å²) in [5, 5.41) is 24.3. The number of carbonyl (C=O) groups excluding carboxylic acids is 5. The van der Waals surface area contributed by atoms with Gasteiger partial charge < -0.3 is 69.3 Å². The number of aromatic nitrogens is 3. The van der Waals surface area contributed by atoms with Gasteiger partial charge in [-0.15, -0.1) is 28.6 Å². The predicted molar refractivity (Wildman–Crippen MR) is 268 cm³/mol. The molecule has 0 aliphatic heterocycles. The van der Waals surface area contributed by atoms with Gasteiger partial charge in [-0.3, -0.25) is 19.2 Å². The molecule has 1 heterocycles. The van der Waals surface area contributed by atoms with Crippen LogP contribution in [0.3, 0.4) is 0 Å². The molecule has 0 atom stereocenters. The molecule has 5 N–H and O–H groups in total. The summed E-state index contributed by atoms with van der Waals surface area (Å²) in [6.45, 7) is 25.1. The van der Waals surface area contributed by atoms with Crippen LogP contribution in [0, 0.1) is 5.41 Å². The highest BCUT2D eigenvalue weighted by molar-refractivity contribution is 8.02. The van der Waals surface area contributed by atoms with E-state index in [2.05, 4.69) is 104 Å². The zero-order valence-electron chi connectivity index (χ0n) is 43.1. The molecule has 1 rings (SSSR count). The number of rotatable bonds is 41. The van der Waals surface area contributed by atoms with Gasteiger partial charge in [0.15, 0.2) is 6.61 Å². The average molecular weight is 1040 g/mol. The molecule has 0 saturated carbocycles. The monoisotopic (exact) mass is 1040 g/mol. The quantitative estimate of drug-likeness (QED) is 0.0356. The van der Waals surface area contributed by atoms with Crippen molar-refractivity contribution in [1.82, 2.24) is 41.6 Å². The number of hydrogen-bond acceptors (Lipinski definition) is 19. The zero-order chi connectivity index (χ0) is 51.9. The lowest BCUT2D eigenvalue weighted by Crippen LogP contribution is -2.45. The first-order valence-electron chi connectivity index (χ1n) is 23.6. The number of nitrogens with one attached hydrogen (secondary N) is 5. The Morgan fingerprint density at radius 1 is 0.557 bits per heavy atom. The number of thioether (sulfide) groups is 2. The summed E-state index contributed by atoms with van der Waals surface area (Å²) in [7, 11) is 0. The fraction of sp³-hybridized carbons (Fsp3) is 0.822. The highest BCUT2D eigenvalue weighted by Gasteiger charge is 2.17. The maximum absolute atomic E-state index is 12.2. The molecule has 1 aromatic rings. The van der Waals surface area contributed by atoms with Gasteiger partial charge in [-0.2, -0.15) is 0 Å². The van der Waals surface area contributed by atoms with Crippen LogP contribution in [0.2, 0.25) is 0 Å². The van der Waals surface area contributed by atoms with Crippen LogP contribution in [0.5, 0.6) is 0 Å². The largest absolute Gasteiger partial charge is 0.443 e. The number of oxime groups is 1. The van der Waals surface area contributed by atoms with E-state index in [1.165, 1.54) is 0 Å². The van der Waals surface area contributed by atoms with Crippen molar-refractivity contribution in [2.24, 2.45) is 10.6 Å². The van der Waals surface area contributed by atoms with E-state index in [0.29, 0.717) is 110 Å². The minimum Gasteiger partial charge on any atom is -0.443 e.